The van der Waals surface area contributed by atoms with Crippen LogP contribution in [0.15, 0.2) is 12.1 Å². The number of nitrogens with zero attached hydrogens (tertiary/aromatic N) is 1. The van der Waals surface area contributed by atoms with Crippen molar-refractivity contribution >= 4 is 17.3 Å². The van der Waals surface area contributed by atoms with Gasteiger partial charge in [0, 0.05) is 6.07 Å². The third-order valence-corrected chi connectivity index (χ3v) is 4.02. The maximum Gasteiger partial charge on any atom is 0.293 e. The van der Waals surface area contributed by atoms with E-state index in [1.54, 1.807) is 0 Å². The van der Waals surface area contributed by atoms with Crippen LogP contribution in [-0.4, -0.2) is 29.1 Å². The molecule has 0 aliphatic carbocycles. The lowest BCUT2D eigenvalue weighted by Gasteiger charge is -2.20. The van der Waals surface area contributed by atoms with Gasteiger partial charge in [-0.15, -0.1) is 0 Å². The summed E-state index contributed by atoms with van der Waals surface area (Å²) in [4.78, 5) is 22.2. The first-order valence-corrected chi connectivity index (χ1v) is 6.66. The molecule has 0 spiro atoms. The summed E-state index contributed by atoms with van der Waals surface area (Å²) in [7, 11) is 0. The van der Waals surface area contributed by atoms with E-state index in [2.05, 4.69) is 5.32 Å². The van der Waals surface area contributed by atoms with Gasteiger partial charge in [-0.1, -0.05) is 0 Å². The van der Waals surface area contributed by atoms with Crippen LogP contribution in [-0.2, 0) is 4.74 Å². The van der Waals surface area contributed by atoms with Crippen molar-refractivity contribution in [2.45, 2.75) is 37.5 Å². The summed E-state index contributed by atoms with van der Waals surface area (Å²) < 4.78 is 19.4. The largest absolute Gasteiger partial charge is 0.392 e. The summed E-state index contributed by atoms with van der Waals surface area (Å²) in [5.74, 6) is -1.62. The maximum atomic E-state index is 13.8. The van der Waals surface area contributed by atoms with Gasteiger partial charge in [-0.2, -0.15) is 0 Å². The van der Waals surface area contributed by atoms with Crippen molar-refractivity contribution in [2.24, 2.45) is 0 Å². The van der Waals surface area contributed by atoms with Crippen molar-refractivity contribution in [1.82, 2.24) is 5.32 Å². The molecule has 3 unspecified atom stereocenters. The first-order chi connectivity index (χ1) is 9.97. The van der Waals surface area contributed by atoms with E-state index in [9.17, 15) is 19.3 Å². The van der Waals surface area contributed by atoms with E-state index < -0.39 is 33.6 Å². The Hall–Kier alpha value is -2.22. The maximum absolute atomic E-state index is 13.8. The minimum absolute atomic E-state index is 0.0677. The molecule has 1 aromatic rings. The predicted molar refractivity (Wildman–Crippen MR) is 71.2 cm³/mol. The zero-order valence-corrected chi connectivity index (χ0v) is 11.0. The van der Waals surface area contributed by atoms with E-state index in [0.29, 0.717) is 6.42 Å². The summed E-state index contributed by atoms with van der Waals surface area (Å²) >= 11 is 0. The summed E-state index contributed by atoms with van der Waals surface area (Å²) in [6.07, 6.45) is 2.55. The molecule has 0 radical (unpaired) electrons. The average molecular weight is 295 g/mol. The third-order valence-electron chi connectivity index (χ3n) is 4.02. The van der Waals surface area contributed by atoms with Crippen LogP contribution >= 0.6 is 0 Å². The smallest absolute Gasteiger partial charge is 0.293 e. The number of nitrogens with one attached hydrogen (secondary N) is 1. The average Bonchev–Trinajstić information content (AvgIpc) is 3.00. The molecule has 0 aromatic heterocycles. The van der Waals surface area contributed by atoms with Gasteiger partial charge >= 0.3 is 0 Å². The number of rotatable bonds is 3. The molecule has 21 heavy (non-hydrogen) atoms. The van der Waals surface area contributed by atoms with Gasteiger partial charge in [0.15, 0.2) is 0 Å². The number of carbonyl (C=O) groups excluding carboxylic acids is 1. The number of nitrogen functional groups attached to an aromatic ring is 1. The number of anilines is 1. The van der Waals surface area contributed by atoms with Crippen LogP contribution < -0.4 is 11.1 Å². The Morgan fingerprint density at radius 3 is 2.81 bits per heavy atom. The van der Waals surface area contributed by atoms with Crippen molar-refractivity contribution in [2.75, 3.05) is 5.73 Å². The molecule has 3 atom stereocenters. The first-order valence-electron chi connectivity index (χ1n) is 6.66. The summed E-state index contributed by atoms with van der Waals surface area (Å²) in [6, 6.07) is 1.62. The Morgan fingerprint density at radius 2 is 2.24 bits per heavy atom. The lowest BCUT2D eigenvalue weighted by molar-refractivity contribution is -0.384. The second-order valence-corrected chi connectivity index (χ2v) is 5.30. The van der Waals surface area contributed by atoms with Gasteiger partial charge in [0.2, 0.25) is 0 Å². The van der Waals surface area contributed by atoms with Crippen molar-refractivity contribution < 1.29 is 18.8 Å². The highest BCUT2D eigenvalue weighted by Crippen LogP contribution is 2.35. The molecule has 1 amide bonds. The fourth-order valence-electron chi connectivity index (χ4n) is 3.00. The monoisotopic (exact) mass is 295 g/mol. The van der Waals surface area contributed by atoms with E-state index in [0.717, 1.165) is 25.0 Å². The molecule has 3 N–H and O–H groups in total. The van der Waals surface area contributed by atoms with E-state index in [4.69, 9.17) is 10.5 Å². The number of nitrogens with two attached hydrogens (primary N) is 1. The van der Waals surface area contributed by atoms with Gasteiger partial charge < -0.3 is 15.8 Å². The number of hydrogen-bond donors (Lipinski definition) is 2. The van der Waals surface area contributed by atoms with Gasteiger partial charge in [0.1, 0.15) is 17.1 Å². The molecule has 1 aromatic carbocycles. The van der Waals surface area contributed by atoms with Crippen molar-refractivity contribution in [1.29, 1.82) is 0 Å². The number of hydrogen-bond acceptors (Lipinski definition) is 5. The molecule has 3 rings (SSSR count). The van der Waals surface area contributed by atoms with Crippen LogP contribution in [0, 0.1) is 15.9 Å². The van der Waals surface area contributed by atoms with Crippen LogP contribution in [0.5, 0.6) is 0 Å². The first kappa shape index (κ1) is 13.7. The molecule has 8 heteroatoms. The van der Waals surface area contributed by atoms with Gasteiger partial charge in [0.25, 0.3) is 11.6 Å². The number of nitro benzene ring substituents is 1. The zero-order chi connectivity index (χ0) is 15.1. The fraction of sp³-hybridized carbons (Fsp3) is 0.462. The van der Waals surface area contributed by atoms with Crippen LogP contribution in [0.25, 0.3) is 0 Å². The highest BCUT2D eigenvalue weighted by molar-refractivity contribution is 6.01. The molecule has 2 bridgehead atoms. The SMILES string of the molecule is Nc1c([N+](=O)[O-])ccc(F)c1C(=O)NC1CC2CCC1O2. The number of benzene rings is 1. The number of carbonyl (C=O) groups is 1. The second kappa shape index (κ2) is 4.96. The highest BCUT2D eigenvalue weighted by Gasteiger charge is 2.42. The van der Waals surface area contributed by atoms with Gasteiger partial charge in [-0.05, 0) is 25.3 Å². The highest BCUT2D eigenvalue weighted by atomic mass is 19.1. The molecule has 2 aliphatic heterocycles. The summed E-state index contributed by atoms with van der Waals surface area (Å²) in [6.45, 7) is 0. The molecule has 2 fully saturated rings. The molecular weight excluding hydrogens is 281 g/mol. The number of halogens is 1. The van der Waals surface area contributed by atoms with E-state index in [1.807, 2.05) is 0 Å². The molecule has 112 valence electrons. The van der Waals surface area contributed by atoms with Gasteiger partial charge in [-0.3, -0.25) is 14.9 Å². The van der Waals surface area contributed by atoms with Crippen LogP contribution in [0.3, 0.4) is 0 Å². The number of fused-ring (bicyclic) bond motifs is 2. The minimum atomic E-state index is -0.875. The van der Waals surface area contributed by atoms with Gasteiger partial charge in [0.05, 0.1) is 23.2 Å². The predicted octanol–water partition coefficient (Wildman–Crippen LogP) is 1.37. The zero-order valence-electron chi connectivity index (χ0n) is 11.0. The topological polar surface area (TPSA) is 107 Å². The summed E-state index contributed by atoms with van der Waals surface area (Å²) in [5.41, 5.74) is 4.15. The Bertz CT molecular complexity index is 622. The lowest BCUT2D eigenvalue weighted by Crippen LogP contribution is -2.41. The normalized spacial score (nSPS) is 26.8. The molecule has 7 nitrogen and oxygen atoms in total. The Kier molecular flexibility index (Phi) is 3.25. The number of amides is 1. The summed E-state index contributed by atoms with van der Waals surface area (Å²) in [5, 5.41) is 13.5. The van der Waals surface area contributed by atoms with E-state index in [-0.39, 0.29) is 18.2 Å². The van der Waals surface area contributed by atoms with Crippen molar-refractivity contribution in [3.05, 3.63) is 33.6 Å². The quantitative estimate of drug-likeness (QED) is 0.497. The molecule has 2 saturated heterocycles. The molecular formula is C13H14FN3O4. The Morgan fingerprint density at radius 1 is 1.48 bits per heavy atom. The molecule has 0 saturated carbocycles. The fourth-order valence-corrected chi connectivity index (χ4v) is 3.00. The van der Waals surface area contributed by atoms with Crippen molar-refractivity contribution in [3.63, 3.8) is 0 Å². The number of nitro groups is 1. The van der Waals surface area contributed by atoms with Crippen LogP contribution in [0.2, 0.25) is 0 Å². The van der Waals surface area contributed by atoms with E-state index >= 15 is 0 Å². The standard InChI is InChI=1S/C13H14FN3O4/c14-7-2-3-9(17(19)20)12(15)11(7)13(18)16-8-5-6-1-4-10(8)21-6/h2-3,6,8,10H,1,4-5,15H2,(H,16,18). The van der Waals surface area contributed by atoms with Crippen LogP contribution in [0.1, 0.15) is 29.6 Å². The van der Waals surface area contributed by atoms with E-state index in [1.165, 1.54) is 0 Å². The minimum Gasteiger partial charge on any atom is -0.392 e. The Labute approximate surface area is 119 Å². The molecule has 2 heterocycles. The second-order valence-electron chi connectivity index (χ2n) is 5.30. The Balaban J connectivity index is 1.84. The van der Waals surface area contributed by atoms with Crippen LogP contribution in [0.4, 0.5) is 15.8 Å². The lowest BCUT2D eigenvalue weighted by atomic mass is 9.95. The number of ether oxygens (including phenoxy) is 1. The third kappa shape index (κ3) is 2.31. The molecule has 2 aliphatic rings. The van der Waals surface area contributed by atoms with Gasteiger partial charge in [-0.25, -0.2) is 4.39 Å². The van der Waals surface area contributed by atoms with Crippen molar-refractivity contribution in [3.8, 4) is 0 Å².